The lowest BCUT2D eigenvalue weighted by atomic mass is 10.4. The predicted molar refractivity (Wildman–Crippen MR) is 71.7 cm³/mol. The van der Waals surface area contributed by atoms with E-state index in [4.69, 9.17) is 0 Å². The molecule has 3 N–H and O–H groups in total. The Morgan fingerprint density at radius 3 is 2.76 bits per heavy atom. The first-order chi connectivity index (χ1) is 9.85. The lowest BCUT2D eigenvalue weighted by Crippen LogP contribution is -2.27. The van der Waals surface area contributed by atoms with Gasteiger partial charge in [0.05, 0.1) is 6.04 Å². The Labute approximate surface area is 121 Å². The number of carbonyl (C=O) groups excluding carboxylic acids is 1. The second-order valence-corrected chi connectivity index (χ2v) is 6.08. The predicted octanol–water partition coefficient (Wildman–Crippen LogP) is -1.06. The largest absolute Gasteiger partial charge is 0.354 e. The van der Waals surface area contributed by atoms with Gasteiger partial charge in [-0.15, -0.1) is 10.2 Å². The van der Waals surface area contributed by atoms with Crippen LogP contribution in [0.3, 0.4) is 0 Å². The highest BCUT2D eigenvalue weighted by molar-refractivity contribution is 7.89. The fourth-order valence-corrected chi connectivity index (χ4v) is 3.01. The Kier molecular flexibility index (Phi) is 4.04. The molecule has 0 fully saturated rings. The molecule has 114 valence electrons. The monoisotopic (exact) mass is 313 g/mol. The van der Waals surface area contributed by atoms with E-state index in [1.807, 2.05) is 0 Å². The average molecular weight is 313 g/mol. The zero-order chi connectivity index (χ0) is 15.6. The first kappa shape index (κ1) is 15.1. The van der Waals surface area contributed by atoms with Crippen LogP contribution < -0.4 is 10.0 Å². The normalized spacial score (nSPS) is 13.1. The molecule has 1 unspecified atom stereocenters. The van der Waals surface area contributed by atoms with Crippen molar-refractivity contribution >= 4 is 15.9 Å². The molecular weight excluding hydrogens is 298 g/mol. The van der Waals surface area contributed by atoms with Crippen LogP contribution in [-0.2, 0) is 17.1 Å². The van der Waals surface area contributed by atoms with E-state index < -0.39 is 16.1 Å². The van der Waals surface area contributed by atoms with Crippen LogP contribution >= 0.6 is 0 Å². The minimum absolute atomic E-state index is 0.0149. The Morgan fingerprint density at radius 2 is 2.19 bits per heavy atom. The van der Waals surface area contributed by atoms with Gasteiger partial charge in [0, 0.05) is 20.3 Å². The van der Waals surface area contributed by atoms with Gasteiger partial charge in [0.2, 0.25) is 10.0 Å². The van der Waals surface area contributed by atoms with Crippen molar-refractivity contribution < 1.29 is 13.2 Å². The number of amides is 1. The molecule has 2 aromatic rings. The number of nitrogens with one attached hydrogen (secondary N) is 3. The number of rotatable bonds is 5. The standard InChI is InChI=1S/C10H15N7O3S/c1-6(9-12-15-16-13-9)14-21(19,20)7-4-8(10(18)11-2)17(3)5-7/h4-6,14H,1-3H3,(H,11,18)(H,12,13,15,16). The van der Waals surface area contributed by atoms with Gasteiger partial charge in [-0.3, -0.25) is 4.79 Å². The summed E-state index contributed by atoms with van der Waals surface area (Å²) < 4.78 is 28.4. The van der Waals surface area contributed by atoms with Gasteiger partial charge in [-0.1, -0.05) is 5.21 Å². The molecule has 11 heteroatoms. The van der Waals surface area contributed by atoms with Crippen molar-refractivity contribution in [3.05, 3.63) is 23.8 Å². The quantitative estimate of drug-likeness (QED) is 0.644. The molecular formula is C10H15N7O3S. The van der Waals surface area contributed by atoms with Crippen molar-refractivity contribution in [1.82, 2.24) is 35.2 Å². The molecule has 0 radical (unpaired) electrons. The van der Waals surface area contributed by atoms with E-state index in [9.17, 15) is 13.2 Å². The number of aryl methyl sites for hydroxylation is 1. The number of sulfonamides is 1. The summed E-state index contributed by atoms with van der Waals surface area (Å²) >= 11 is 0. The molecule has 10 nitrogen and oxygen atoms in total. The summed E-state index contributed by atoms with van der Waals surface area (Å²) in [7, 11) is -0.740. The van der Waals surface area contributed by atoms with Crippen molar-refractivity contribution in [2.75, 3.05) is 7.05 Å². The minimum Gasteiger partial charge on any atom is -0.354 e. The summed E-state index contributed by atoms with van der Waals surface area (Å²) in [6.07, 6.45) is 1.36. The molecule has 1 amide bonds. The molecule has 1 atom stereocenters. The number of H-pyrrole nitrogens is 1. The highest BCUT2D eigenvalue weighted by Gasteiger charge is 2.24. The Bertz CT molecular complexity index is 735. The van der Waals surface area contributed by atoms with E-state index in [2.05, 4.69) is 30.7 Å². The maximum absolute atomic E-state index is 12.3. The van der Waals surface area contributed by atoms with Crippen LogP contribution in [0.25, 0.3) is 0 Å². The van der Waals surface area contributed by atoms with Gasteiger partial charge in [-0.2, -0.15) is 5.21 Å². The SMILES string of the molecule is CNC(=O)c1cc(S(=O)(=O)NC(C)c2nn[nH]n2)cn1C. The fourth-order valence-electron chi connectivity index (χ4n) is 1.74. The number of hydrogen-bond acceptors (Lipinski definition) is 6. The summed E-state index contributed by atoms with van der Waals surface area (Å²) in [6, 6.07) is 0.641. The van der Waals surface area contributed by atoms with Gasteiger partial charge in [0.15, 0.2) is 5.82 Å². The number of hydrogen-bond donors (Lipinski definition) is 3. The Morgan fingerprint density at radius 1 is 1.48 bits per heavy atom. The van der Waals surface area contributed by atoms with Crippen LogP contribution in [0.1, 0.15) is 29.3 Å². The number of nitrogens with zero attached hydrogens (tertiary/aromatic N) is 4. The van der Waals surface area contributed by atoms with E-state index in [0.29, 0.717) is 0 Å². The number of carbonyl (C=O) groups is 1. The molecule has 0 saturated carbocycles. The van der Waals surface area contributed by atoms with E-state index in [1.165, 1.54) is 23.9 Å². The van der Waals surface area contributed by atoms with E-state index in [-0.39, 0.29) is 22.3 Å². The van der Waals surface area contributed by atoms with Crippen molar-refractivity contribution in [2.45, 2.75) is 17.9 Å². The van der Waals surface area contributed by atoms with Gasteiger partial charge in [0.25, 0.3) is 5.91 Å². The highest BCUT2D eigenvalue weighted by Crippen LogP contribution is 2.16. The van der Waals surface area contributed by atoms with Gasteiger partial charge < -0.3 is 9.88 Å². The average Bonchev–Trinajstić information content (AvgIpc) is 3.06. The molecule has 0 aliphatic rings. The zero-order valence-electron chi connectivity index (χ0n) is 11.7. The summed E-state index contributed by atoms with van der Waals surface area (Å²) in [4.78, 5) is 11.6. The molecule has 21 heavy (non-hydrogen) atoms. The second-order valence-electron chi connectivity index (χ2n) is 4.36. The maximum Gasteiger partial charge on any atom is 0.267 e. The van der Waals surface area contributed by atoms with E-state index in [0.717, 1.165) is 0 Å². The third-order valence-corrected chi connectivity index (χ3v) is 4.34. The molecule has 2 rings (SSSR count). The van der Waals surface area contributed by atoms with Crippen LogP contribution in [0.5, 0.6) is 0 Å². The smallest absolute Gasteiger partial charge is 0.267 e. The lowest BCUT2D eigenvalue weighted by Gasteiger charge is -2.09. The first-order valence-electron chi connectivity index (χ1n) is 5.99. The third-order valence-electron chi connectivity index (χ3n) is 2.83. The zero-order valence-corrected chi connectivity index (χ0v) is 12.5. The third kappa shape index (κ3) is 3.08. The molecule has 0 spiro atoms. The second kappa shape index (κ2) is 5.61. The summed E-state index contributed by atoms with van der Waals surface area (Å²) in [5.41, 5.74) is 0.241. The van der Waals surface area contributed by atoms with Crippen LogP contribution in [0.15, 0.2) is 17.2 Å². The molecule has 0 aliphatic heterocycles. The van der Waals surface area contributed by atoms with Gasteiger partial charge in [0.1, 0.15) is 10.6 Å². The molecule has 0 bridgehead atoms. The minimum atomic E-state index is -3.80. The fraction of sp³-hybridized carbons (Fsp3) is 0.400. The van der Waals surface area contributed by atoms with Gasteiger partial charge >= 0.3 is 0 Å². The number of aromatic nitrogens is 5. The Balaban J connectivity index is 2.26. The molecule has 0 aliphatic carbocycles. The van der Waals surface area contributed by atoms with Crippen LogP contribution in [0.4, 0.5) is 0 Å². The summed E-state index contributed by atoms with van der Waals surface area (Å²) in [6.45, 7) is 1.59. The van der Waals surface area contributed by atoms with Crippen molar-refractivity contribution in [3.8, 4) is 0 Å². The van der Waals surface area contributed by atoms with Crippen LogP contribution in [0.2, 0.25) is 0 Å². The van der Waals surface area contributed by atoms with E-state index in [1.54, 1.807) is 14.0 Å². The van der Waals surface area contributed by atoms with Crippen molar-refractivity contribution in [2.24, 2.45) is 7.05 Å². The molecule has 2 heterocycles. The molecule has 0 saturated heterocycles. The topological polar surface area (TPSA) is 135 Å². The highest BCUT2D eigenvalue weighted by atomic mass is 32.2. The van der Waals surface area contributed by atoms with Crippen molar-refractivity contribution in [3.63, 3.8) is 0 Å². The lowest BCUT2D eigenvalue weighted by molar-refractivity contribution is 0.0955. The van der Waals surface area contributed by atoms with Crippen LogP contribution in [0, 0.1) is 0 Å². The molecule has 2 aromatic heterocycles. The first-order valence-corrected chi connectivity index (χ1v) is 7.47. The van der Waals surface area contributed by atoms with Gasteiger partial charge in [-0.05, 0) is 13.0 Å². The summed E-state index contributed by atoms with van der Waals surface area (Å²) in [5, 5.41) is 15.5. The van der Waals surface area contributed by atoms with E-state index >= 15 is 0 Å². The van der Waals surface area contributed by atoms with Crippen molar-refractivity contribution in [1.29, 1.82) is 0 Å². The Hall–Kier alpha value is -2.27. The number of aromatic amines is 1. The molecule has 0 aromatic carbocycles. The number of tetrazole rings is 1. The maximum atomic E-state index is 12.3. The summed E-state index contributed by atoms with van der Waals surface area (Å²) in [5.74, 6) is -0.147. The van der Waals surface area contributed by atoms with Crippen LogP contribution in [-0.4, -0.2) is 46.6 Å². The van der Waals surface area contributed by atoms with Gasteiger partial charge in [-0.25, -0.2) is 13.1 Å².